The van der Waals surface area contributed by atoms with E-state index in [-0.39, 0.29) is 32.7 Å². The van der Waals surface area contributed by atoms with Crippen LogP contribution in [0.4, 0.5) is 10.8 Å². The Morgan fingerprint density at radius 1 is 1.17 bits per heavy atom. The molecule has 0 aliphatic heterocycles. The molecule has 29 heavy (non-hydrogen) atoms. The summed E-state index contributed by atoms with van der Waals surface area (Å²) >= 11 is 1.10. The largest absolute Gasteiger partial charge is 0.506 e. The van der Waals surface area contributed by atoms with Crippen LogP contribution in [0.1, 0.15) is 16.1 Å². The number of thiazole rings is 1. The average Bonchev–Trinajstić information content (AvgIpc) is 3.31. The Kier molecular flexibility index (Phi) is 4.73. The van der Waals surface area contributed by atoms with Gasteiger partial charge in [0.1, 0.15) is 11.3 Å². The van der Waals surface area contributed by atoms with Crippen LogP contribution in [0.25, 0.3) is 10.2 Å². The van der Waals surface area contributed by atoms with Crippen molar-refractivity contribution < 1.29 is 22.7 Å². The van der Waals surface area contributed by atoms with Gasteiger partial charge in [-0.25, -0.2) is 13.4 Å². The highest BCUT2D eigenvalue weighted by molar-refractivity contribution is 7.92. The fourth-order valence-corrected chi connectivity index (χ4v) is 4.58. The molecule has 2 aromatic carbocycles. The van der Waals surface area contributed by atoms with Gasteiger partial charge in [0, 0.05) is 6.07 Å². The van der Waals surface area contributed by atoms with Crippen LogP contribution < -0.4 is 10.0 Å². The van der Waals surface area contributed by atoms with Gasteiger partial charge in [-0.2, -0.15) is 0 Å². The van der Waals surface area contributed by atoms with Gasteiger partial charge in [-0.3, -0.25) is 14.8 Å². The molecule has 2 heterocycles. The summed E-state index contributed by atoms with van der Waals surface area (Å²) in [6.45, 7) is 1.86. The minimum absolute atomic E-state index is 0.110. The number of amides is 1. The summed E-state index contributed by atoms with van der Waals surface area (Å²) in [5, 5.41) is 13.1. The molecule has 0 atom stereocenters. The number of phenols is 1. The van der Waals surface area contributed by atoms with Crippen LogP contribution in [-0.2, 0) is 10.0 Å². The topological polar surface area (TPSA) is 122 Å². The van der Waals surface area contributed by atoms with E-state index in [0.717, 1.165) is 16.9 Å². The molecule has 4 aromatic rings. The molecule has 0 spiro atoms. The van der Waals surface area contributed by atoms with Crippen molar-refractivity contribution in [2.75, 3.05) is 10.0 Å². The van der Waals surface area contributed by atoms with Crippen molar-refractivity contribution in [2.45, 2.75) is 11.8 Å². The predicted molar refractivity (Wildman–Crippen MR) is 110 cm³/mol. The zero-order valence-electron chi connectivity index (χ0n) is 15.0. The lowest BCUT2D eigenvalue weighted by Crippen LogP contribution is -2.12. The minimum atomic E-state index is -3.82. The van der Waals surface area contributed by atoms with Crippen LogP contribution in [0.3, 0.4) is 0 Å². The van der Waals surface area contributed by atoms with Gasteiger partial charge in [-0.05, 0) is 37.3 Å². The maximum absolute atomic E-state index is 12.6. The Balaban J connectivity index is 1.61. The monoisotopic (exact) mass is 429 g/mol. The van der Waals surface area contributed by atoms with Crippen LogP contribution >= 0.6 is 11.3 Å². The van der Waals surface area contributed by atoms with E-state index in [2.05, 4.69) is 15.0 Å². The number of hydrogen-bond donors (Lipinski definition) is 3. The molecule has 3 N–H and O–H groups in total. The van der Waals surface area contributed by atoms with E-state index >= 15 is 0 Å². The number of aryl methyl sites for hydroxylation is 1. The first-order valence-electron chi connectivity index (χ1n) is 8.40. The summed E-state index contributed by atoms with van der Waals surface area (Å²) < 4.78 is 33.1. The molecule has 4 rings (SSSR count). The van der Waals surface area contributed by atoms with Crippen LogP contribution in [0.15, 0.2) is 64.1 Å². The van der Waals surface area contributed by atoms with Gasteiger partial charge in [0.05, 0.1) is 21.5 Å². The van der Waals surface area contributed by atoms with E-state index in [4.69, 9.17) is 4.42 Å². The van der Waals surface area contributed by atoms with Crippen molar-refractivity contribution >= 4 is 48.3 Å². The quantitative estimate of drug-likeness (QED) is 0.441. The third-order valence-electron chi connectivity index (χ3n) is 4.02. The molecule has 2 aromatic heterocycles. The zero-order valence-corrected chi connectivity index (χ0v) is 16.7. The van der Waals surface area contributed by atoms with Crippen LogP contribution in [0.2, 0.25) is 0 Å². The number of nitrogens with zero attached hydrogens (tertiary/aromatic N) is 1. The van der Waals surface area contributed by atoms with E-state index < -0.39 is 15.9 Å². The maximum Gasteiger partial charge on any atom is 0.293 e. The second kappa shape index (κ2) is 7.22. The normalized spacial score (nSPS) is 11.5. The molecule has 0 saturated carbocycles. The zero-order chi connectivity index (χ0) is 20.6. The first-order chi connectivity index (χ1) is 13.8. The Hall–Kier alpha value is -3.37. The minimum Gasteiger partial charge on any atom is -0.506 e. The first kappa shape index (κ1) is 19.0. The van der Waals surface area contributed by atoms with E-state index in [9.17, 15) is 18.3 Å². The fraction of sp³-hybridized carbons (Fsp3) is 0.0526. The first-order valence-corrected chi connectivity index (χ1v) is 10.7. The number of hydrogen-bond acceptors (Lipinski definition) is 7. The van der Waals surface area contributed by atoms with Gasteiger partial charge >= 0.3 is 0 Å². The van der Waals surface area contributed by atoms with Gasteiger partial charge in [0.2, 0.25) is 0 Å². The highest BCUT2D eigenvalue weighted by Crippen LogP contribution is 2.35. The third-order valence-corrected chi connectivity index (χ3v) is 6.34. The lowest BCUT2D eigenvalue weighted by Gasteiger charge is -2.09. The lowest BCUT2D eigenvalue weighted by molar-refractivity contribution is 0.0996. The summed E-state index contributed by atoms with van der Waals surface area (Å²) in [4.78, 5) is 16.4. The molecule has 1 amide bonds. The standard InChI is InChI=1S/C19H15N3O5S2/c1-11-4-6-13(7-5-11)29(25,26)22-12-9-14(23)17-16(10-12)28-19(20-17)21-18(24)15-3-2-8-27-15/h2-10,22-23H,1H3,(H,20,21,24). The number of anilines is 2. The number of fused-ring (bicyclic) bond motifs is 1. The van der Waals surface area contributed by atoms with Crippen molar-refractivity contribution in [2.24, 2.45) is 0 Å². The molecule has 0 aliphatic carbocycles. The molecule has 0 fully saturated rings. The lowest BCUT2D eigenvalue weighted by atomic mass is 10.2. The molecule has 0 unspecified atom stereocenters. The van der Waals surface area contributed by atoms with E-state index in [1.165, 1.54) is 30.5 Å². The summed E-state index contributed by atoms with van der Waals surface area (Å²) in [7, 11) is -3.82. The predicted octanol–water partition coefficient (Wildman–Crippen LogP) is 3.96. The van der Waals surface area contributed by atoms with Gasteiger partial charge in [-0.15, -0.1) is 0 Å². The Bertz CT molecular complexity index is 1290. The molecule has 0 saturated heterocycles. The summed E-state index contributed by atoms with van der Waals surface area (Å²) in [5.41, 5.74) is 1.38. The molecule has 10 heteroatoms. The molecule has 8 nitrogen and oxygen atoms in total. The smallest absolute Gasteiger partial charge is 0.293 e. The Morgan fingerprint density at radius 2 is 1.93 bits per heavy atom. The molecule has 0 bridgehead atoms. The van der Waals surface area contributed by atoms with E-state index in [0.29, 0.717) is 4.70 Å². The van der Waals surface area contributed by atoms with Crippen molar-refractivity contribution in [1.29, 1.82) is 0 Å². The third kappa shape index (κ3) is 3.93. The second-order valence-electron chi connectivity index (χ2n) is 6.21. The van der Waals surface area contributed by atoms with Crippen molar-refractivity contribution in [3.63, 3.8) is 0 Å². The number of rotatable bonds is 5. The second-order valence-corrected chi connectivity index (χ2v) is 8.92. The number of aromatic nitrogens is 1. The average molecular weight is 429 g/mol. The number of sulfonamides is 1. The molecule has 148 valence electrons. The SMILES string of the molecule is Cc1ccc(S(=O)(=O)Nc2cc(O)c3nc(NC(=O)c4ccco4)sc3c2)cc1. The maximum atomic E-state index is 12.6. The Labute approximate surface area is 169 Å². The van der Waals surface area contributed by atoms with Crippen molar-refractivity contribution in [1.82, 2.24) is 4.98 Å². The highest BCUT2D eigenvalue weighted by Gasteiger charge is 2.18. The van der Waals surface area contributed by atoms with Gasteiger partial charge in [0.15, 0.2) is 10.9 Å². The molecular formula is C19H15N3O5S2. The number of benzene rings is 2. The van der Waals surface area contributed by atoms with Crippen molar-refractivity contribution in [3.8, 4) is 5.75 Å². The van der Waals surface area contributed by atoms with E-state index in [1.54, 1.807) is 24.3 Å². The van der Waals surface area contributed by atoms with E-state index in [1.807, 2.05) is 6.92 Å². The van der Waals surface area contributed by atoms with Gasteiger partial charge in [-0.1, -0.05) is 29.0 Å². The number of aromatic hydroxyl groups is 1. The number of nitrogens with one attached hydrogen (secondary N) is 2. The van der Waals surface area contributed by atoms with Crippen LogP contribution in [0, 0.1) is 6.92 Å². The summed E-state index contributed by atoms with van der Waals surface area (Å²) in [6.07, 6.45) is 1.38. The number of furan rings is 1. The van der Waals surface area contributed by atoms with Crippen LogP contribution in [-0.4, -0.2) is 24.4 Å². The number of carbonyl (C=O) groups is 1. The Morgan fingerprint density at radius 3 is 2.62 bits per heavy atom. The number of carbonyl (C=O) groups excluding carboxylic acids is 1. The fourth-order valence-electron chi connectivity index (χ4n) is 2.62. The number of phenolic OH excluding ortho intramolecular Hbond substituents is 1. The molecular weight excluding hydrogens is 414 g/mol. The summed E-state index contributed by atoms with van der Waals surface area (Å²) in [5.74, 6) is -0.562. The van der Waals surface area contributed by atoms with Crippen LogP contribution in [0.5, 0.6) is 5.75 Å². The summed E-state index contributed by atoms with van der Waals surface area (Å²) in [6, 6.07) is 12.3. The van der Waals surface area contributed by atoms with Gasteiger partial charge in [0.25, 0.3) is 15.9 Å². The molecule has 0 radical (unpaired) electrons. The highest BCUT2D eigenvalue weighted by atomic mass is 32.2. The van der Waals surface area contributed by atoms with Gasteiger partial charge < -0.3 is 9.52 Å². The molecule has 0 aliphatic rings. The van der Waals surface area contributed by atoms with Crippen molar-refractivity contribution in [3.05, 3.63) is 66.1 Å².